The summed E-state index contributed by atoms with van der Waals surface area (Å²) in [5.41, 5.74) is 0.00201. The molecule has 1 amide bonds. The molecule has 0 saturated carbocycles. The smallest absolute Gasteiger partial charge is 0.422 e. The minimum atomic E-state index is -4.43. The predicted molar refractivity (Wildman–Crippen MR) is 49.2 cm³/mol. The molecule has 0 fully saturated rings. The summed E-state index contributed by atoms with van der Waals surface area (Å²) in [6.07, 6.45) is -4.43. The van der Waals surface area contributed by atoms with E-state index in [2.05, 4.69) is 15.0 Å². The molecule has 1 heterocycles. The van der Waals surface area contributed by atoms with E-state index in [1.807, 2.05) is 0 Å². The van der Waals surface area contributed by atoms with Crippen LogP contribution in [0.25, 0.3) is 0 Å². The predicted octanol–water partition coefficient (Wildman–Crippen LogP) is 1.38. The van der Waals surface area contributed by atoms with E-state index < -0.39 is 18.7 Å². The Labute approximate surface area is 89.4 Å². The molecule has 7 heteroatoms. The molecule has 1 aromatic heterocycles. The number of pyridine rings is 1. The molecule has 0 atom stereocenters. The van der Waals surface area contributed by atoms with Crippen LogP contribution in [0.3, 0.4) is 0 Å². The van der Waals surface area contributed by atoms with Gasteiger partial charge in [-0.15, -0.1) is 0 Å². The Bertz CT molecular complexity index is 379. The Kier molecular flexibility index (Phi) is 3.70. The van der Waals surface area contributed by atoms with Crippen molar-refractivity contribution in [3.63, 3.8) is 0 Å². The van der Waals surface area contributed by atoms with E-state index in [9.17, 15) is 18.0 Å². The molecule has 0 unspecified atom stereocenters. The van der Waals surface area contributed by atoms with Gasteiger partial charge in [0.1, 0.15) is 5.69 Å². The summed E-state index contributed by atoms with van der Waals surface area (Å²) < 4.78 is 39.9. The SMILES string of the molecule is CNC(=O)c1cccc(OCC(F)(F)F)n1. The summed E-state index contributed by atoms with van der Waals surface area (Å²) in [6.45, 7) is -1.43. The zero-order chi connectivity index (χ0) is 12.2. The average molecular weight is 234 g/mol. The van der Waals surface area contributed by atoms with Gasteiger partial charge < -0.3 is 10.1 Å². The van der Waals surface area contributed by atoms with E-state index in [4.69, 9.17) is 0 Å². The number of hydrogen-bond acceptors (Lipinski definition) is 3. The Hall–Kier alpha value is -1.79. The molecule has 0 bridgehead atoms. The lowest BCUT2D eigenvalue weighted by Gasteiger charge is -2.08. The second-order valence-corrected chi connectivity index (χ2v) is 2.84. The van der Waals surface area contributed by atoms with Crippen LogP contribution < -0.4 is 10.1 Å². The molecular weight excluding hydrogens is 225 g/mol. The van der Waals surface area contributed by atoms with Crippen LogP contribution in [0.1, 0.15) is 10.5 Å². The summed E-state index contributed by atoms with van der Waals surface area (Å²) in [6, 6.07) is 4.01. The fourth-order valence-electron chi connectivity index (χ4n) is 0.906. The molecular formula is C9H9F3N2O2. The Morgan fingerprint density at radius 3 is 2.75 bits per heavy atom. The minimum absolute atomic E-state index is 0.00201. The van der Waals surface area contributed by atoms with Gasteiger partial charge >= 0.3 is 6.18 Å². The van der Waals surface area contributed by atoms with Gasteiger partial charge in [0, 0.05) is 13.1 Å². The second-order valence-electron chi connectivity index (χ2n) is 2.84. The van der Waals surface area contributed by atoms with Gasteiger partial charge in [-0.25, -0.2) is 4.98 Å². The Balaban J connectivity index is 2.71. The first kappa shape index (κ1) is 12.3. The number of nitrogens with zero attached hydrogens (tertiary/aromatic N) is 1. The number of carbonyl (C=O) groups excluding carboxylic acids is 1. The van der Waals surface area contributed by atoms with Crippen molar-refractivity contribution in [3.8, 4) is 5.88 Å². The molecule has 0 aromatic carbocycles. The van der Waals surface area contributed by atoms with Crippen molar-refractivity contribution in [2.75, 3.05) is 13.7 Å². The van der Waals surface area contributed by atoms with E-state index >= 15 is 0 Å². The standard InChI is InChI=1S/C9H9F3N2O2/c1-13-8(15)6-3-2-4-7(14-6)16-5-9(10,11)12/h2-4H,5H2,1H3,(H,13,15). The fourth-order valence-corrected chi connectivity index (χ4v) is 0.906. The van der Waals surface area contributed by atoms with Gasteiger partial charge in [-0.2, -0.15) is 13.2 Å². The highest BCUT2D eigenvalue weighted by Gasteiger charge is 2.28. The minimum Gasteiger partial charge on any atom is -0.468 e. The largest absolute Gasteiger partial charge is 0.468 e. The molecule has 0 aliphatic rings. The highest BCUT2D eigenvalue weighted by molar-refractivity contribution is 5.92. The van der Waals surface area contributed by atoms with Crippen LogP contribution in [-0.2, 0) is 0 Å². The first-order valence-corrected chi connectivity index (χ1v) is 4.31. The Morgan fingerprint density at radius 2 is 2.19 bits per heavy atom. The molecule has 0 aliphatic carbocycles. The third kappa shape index (κ3) is 3.76. The van der Waals surface area contributed by atoms with Gasteiger partial charge in [0.15, 0.2) is 6.61 Å². The van der Waals surface area contributed by atoms with Crippen LogP contribution in [0, 0.1) is 0 Å². The van der Waals surface area contributed by atoms with Crippen LogP contribution in [-0.4, -0.2) is 30.7 Å². The van der Waals surface area contributed by atoms with Crippen molar-refractivity contribution in [2.45, 2.75) is 6.18 Å². The maximum absolute atomic E-state index is 11.8. The summed E-state index contributed by atoms with van der Waals surface area (Å²) >= 11 is 0. The lowest BCUT2D eigenvalue weighted by Crippen LogP contribution is -2.21. The summed E-state index contributed by atoms with van der Waals surface area (Å²) in [7, 11) is 1.40. The van der Waals surface area contributed by atoms with Crippen molar-refractivity contribution in [3.05, 3.63) is 23.9 Å². The number of aromatic nitrogens is 1. The van der Waals surface area contributed by atoms with Crippen molar-refractivity contribution >= 4 is 5.91 Å². The average Bonchev–Trinajstić information content (AvgIpc) is 2.25. The number of carbonyl (C=O) groups is 1. The number of hydrogen-bond donors (Lipinski definition) is 1. The zero-order valence-electron chi connectivity index (χ0n) is 8.34. The molecule has 0 saturated heterocycles. The van der Waals surface area contributed by atoms with E-state index in [0.717, 1.165) is 0 Å². The highest BCUT2D eigenvalue weighted by atomic mass is 19.4. The highest BCUT2D eigenvalue weighted by Crippen LogP contribution is 2.17. The number of alkyl halides is 3. The summed E-state index contributed by atoms with van der Waals surface area (Å²) in [4.78, 5) is 14.7. The van der Waals surface area contributed by atoms with E-state index in [0.29, 0.717) is 0 Å². The lowest BCUT2D eigenvalue weighted by atomic mass is 10.3. The quantitative estimate of drug-likeness (QED) is 0.859. The molecule has 0 spiro atoms. The van der Waals surface area contributed by atoms with E-state index in [1.165, 1.54) is 25.2 Å². The number of halogens is 3. The second kappa shape index (κ2) is 4.82. The molecule has 1 aromatic rings. The summed E-state index contributed by atoms with van der Waals surface area (Å²) in [5, 5.41) is 2.30. The van der Waals surface area contributed by atoms with E-state index in [-0.39, 0.29) is 11.6 Å². The third-order valence-electron chi connectivity index (χ3n) is 1.57. The zero-order valence-corrected chi connectivity index (χ0v) is 8.34. The van der Waals surface area contributed by atoms with Gasteiger partial charge in [-0.3, -0.25) is 4.79 Å². The first-order chi connectivity index (χ1) is 7.42. The topological polar surface area (TPSA) is 51.2 Å². The van der Waals surface area contributed by atoms with Crippen molar-refractivity contribution in [2.24, 2.45) is 0 Å². The molecule has 4 nitrogen and oxygen atoms in total. The van der Waals surface area contributed by atoms with Crippen LogP contribution in [0.15, 0.2) is 18.2 Å². The van der Waals surface area contributed by atoms with Gasteiger partial charge in [0.2, 0.25) is 5.88 Å². The van der Waals surface area contributed by atoms with Crippen LogP contribution >= 0.6 is 0 Å². The van der Waals surface area contributed by atoms with Crippen LogP contribution in [0.2, 0.25) is 0 Å². The lowest BCUT2D eigenvalue weighted by molar-refractivity contribution is -0.154. The van der Waals surface area contributed by atoms with Crippen molar-refractivity contribution in [1.29, 1.82) is 0 Å². The molecule has 16 heavy (non-hydrogen) atoms. The number of ether oxygens (including phenoxy) is 1. The van der Waals surface area contributed by atoms with Gasteiger partial charge in [0.25, 0.3) is 5.91 Å². The van der Waals surface area contributed by atoms with Gasteiger partial charge in [-0.05, 0) is 6.07 Å². The summed E-state index contributed by atoms with van der Waals surface area (Å²) in [5.74, 6) is -0.726. The van der Waals surface area contributed by atoms with Crippen molar-refractivity contribution < 1.29 is 22.7 Å². The molecule has 1 rings (SSSR count). The number of rotatable bonds is 3. The molecule has 88 valence electrons. The Morgan fingerprint density at radius 1 is 1.50 bits per heavy atom. The molecule has 1 N–H and O–H groups in total. The van der Waals surface area contributed by atoms with Crippen LogP contribution in [0.5, 0.6) is 5.88 Å². The maximum Gasteiger partial charge on any atom is 0.422 e. The molecule has 0 radical (unpaired) electrons. The normalized spacial score (nSPS) is 11.0. The monoisotopic (exact) mass is 234 g/mol. The molecule has 0 aliphatic heterocycles. The van der Waals surface area contributed by atoms with Gasteiger partial charge in [-0.1, -0.05) is 6.07 Å². The maximum atomic E-state index is 11.8. The van der Waals surface area contributed by atoms with E-state index in [1.54, 1.807) is 0 Å². The number of nitrogens with one attached hydrogen (secondary N) is 1. The first-order valence-electron chi connectivity index (χ1n) is 4.31. The van der Waals surface area contributed by atoms with Crippen LogP contribution in [0.4, 0.5) is 13.2 Å². The van der Waals surface area contributed by atoms with Crippen molar-refractivity contribution in [1.82, 2.24) is 10.3 Å². The van der Waals surface area contributed by atoms with Gasteiger partial charge in [0.05, 0.1) is 0 Å². The fraction of sp³-hybridized carbons (Fsp3) is 0.333. The number of amides is 1. The third-order valence-corrected chi connectivity index (χ3v) is 1.57.